The molecule has 0 spiro atoms. The molecule has 1 atom stereocenters. The minimum absolute atomic E-state index is 0.313. The fourth-order valence-electron chi connectivity index (χ4n) is 2.17. The van der Waals surface area contributed by atoms with Crippen molar-refractivity contribution in [1.29, 1.82) is 0 Å². The van der Waals surface area contributed by atoms with E-state index in [-0.39, 0.29) is 0 Å². The van der Waals surface area contributed by atoms with Gasteiger partial charge in [0.1, 0.15) is 6.33 Å². The number of amides is 2. The second kappa shape index (κ2) is 7.98. The first kappa shape index (κ1) is 18.6. The summed E-state index contributed by atoms with van der Waals surface area (Å²) in [7, 11) is 0. The second-order valence-electron chi connectivity index (χ2n) is 5.14. The van der Waals surface area contributed by atoms with Crippen LogP contribution in [0.15, 0.2) is 41.4 Å². The van der Waals surface area contributed by atoms with Crippen molar-refractivity contribution in [2.45, 2.75) is 13.0 Å². The summed E-state index contributed by atoms with van der Waals surface area (Å²) in [6.45, 7) is 1.76. The third-order valence-electron chi connectivity index (χ3n) is 3.30. The SMILES string of the molecule is CC(NC(=O)Nc1c(Cl)cc(Br)cc1Cl)c1ncnn1-c1ncccn1. The van der Waals surface area contributed by atoms with E-state index in [1.165, 1.54) is 11.0 Å². The van der Waals surface area contributed by atoms with Crippen LogP contribution in [0.4, 0.5) is 10.5 Å². The largest absolute Gasteiger partial charge is 0.328 e. The summed E-state index contributed by atoms with van der Waals surface area (Å²) in [5.41, 5.74) is 0.314. The number of urea groups is 1. The summed E-state index contributed by atoms with van der Waals surface area (Å²) in [4.78, 5) is 24.7. The van der Waals surface area contributed by atoms with Crippen LogP contribution < -0.4 is 10.6 Å². The summed E-state index contributed by atoms with van der Waals surface area (Å²) < 4.78 is 2.16. The van der Waals surface area contributed by atoms with Crippen molar-refractivity contribution in [2.75, 3.05) is 5.32 Å². The molecule has 0 saturated carbocycles. The maximum Gasteiger partial charge on any atom is 0.319 e. The van der Waals surface area contributed by atoms with Crippen LogP contribution in [0, 0.1) is 0 Å². The van der Waals surface area contributed by atoms with Gasteiger partial charge in [0.05, 0.1) is 21.8 Å². The number of benzene rings is 1. The van der Waals surface area contributed by atoms with Crippen LogP contribution >= 0.6 is 39.1 Å². The molecule has 0 radical (unpaired) electrons. The highest BCUT2D eigenvalue weighted by molar-refractivity contribution is 9.10. The van der Waals surface area contributed by atoms with Gasteiger partial charge in [-0.1, -0.05) is 39.1 Å². The Morgan fingerprint density at radius 3 is 2.50 bits per heavy atom. The number of aromatic nitrogens is 5. The van der Waals surface area contributed by atoms with Crippen molar-refractivity contribution in [3.63, 3.8) is 0 Å². The monoisotopic (exact) mass is 455 g/mol. The molecule has 1 unspecified atom stereocenters. The van der Waals surface area contributed by atoms with Crippen molar-refractivity contribution < 1.29 is 4.79 Å². The summed E-state index contributed by atoms with van der Waals surface area (Å²) in [5, 5.41) is 10.1. The molecular weight excluding hydrogens is 445 g/mol. The molecule has 2 amide bonds. The first-order chi connectivity index (χ1) is 12.5. The lowest BCUT2D eigenvalue weighted by Gasteiger charge is -2.16. The highest BCUT2D eigenvalue weighted by Gasteiger charge is 2.19. The fourth-order valence-corrected chi connectivity index (χ4v) is 3.48. The Hall–Kier alpha value is -2.23. The molecule has 134 valence electrons. The fraction of sp³-hybridized carbons (Fsp3) is 0.133. The number of halogens is 3. The zero-order valence-electron chi connectivity index (χ0n) is 13.3. The number of nitrogens with one attached hydrogen (secondary N) is 2. The minimum Gasteiger partial charge on any atom is -0.328 e. The van der Waals surface area contributed by atoms with Gasteiger partial charge in [0.25, 0.3) is 5.95 Å². The maximum absolute atomic E-state index is 12.3. The van der Waals surface area contributed by atoms with E-state index >= 15 is 0 Å². The molecule has 3 rings (SSSR count). The lowest BCUT2D eigenvalue weighted by molar-refractivity contribution is 0.248. The smallest absolute Gasteiger partial charge is 0.319 e. The molecule has 8 nitrogen and oxygen atoms in total. The number of anilines is 1. The average molecular weight is 457 g/mol. The summed E-state index contributed by atoms with van der Waals surface area (Å²) >= 11 is 15.5. The zero-order chi connectivity index (χ0) is 18.7. The molecule has 2 aromatic heterocycles. The lowest BCUT2D eigenvalue weighted by atomic mass is 10.3. The third kappa shape index (κ3) is 4.12. The van der Waals surface area contributed by atoms with Gasteiger partial charge in [0.2, 0.25) is 0 Å². The van der Waals surface area contributed by atoms with E-state index in [9.17, 15) is 4.79 Å². The molecular formula is C15H12BrCl2N7O. The van der Waals surface area contributed by atoms with E-state index in [4.69, 9.17) is 23.2 Å². The van der Waals surface area contributed by atoms with Gasteiger partial charge in [0.15, 0.2) is 5.82 Å². The van der Waals surface area contributed by atoms with E-state index in [0.29, 0.717) is 32.0 Å². The van der Waals surface area contributed by atoms with E-state index in [1.807, 2.05) is 0 Å². The van der Waals surface area contributed by atoms with Crippen LogP contribution in [0.3, 0.4) is 0 Å². The van der Waals surface area contributed by atoms with Crippen molar-refractivity contribution in [3.8, 4) is 5.95 Å². The Morgan fingerprint density at radius 1 is 1.19 bits per heavy atom. The van der Waals surface area contributed by atoms with Crippen molar-refractivity contribution in [2.24, 2.45) is 0 Å². The van der Waals surface area contributed by atoms with E-state index in [0.717, 1.165) is 0 Å². The summed E-state index contributed by atoms with van der Waals surface area (Å²) in [5.74, 6) is 0.826. The number of carbonyl (C=O) groups is 1. The molecule has 0 aliphatic rings. The van der Waals surface area contributed by atoms with Gasteiger partial charge >= 0.3 is 6.03 Å². The average Bonchev–Trinajstić information content (AvgIpc) is 3.08. The molecule has 11 heteroatoms. The van der Waals surface area contributed by atoms with E-state index in [2.05, 4.69) is 46.6 Å². The molecule has 2 heterocycles. The Morgan fingerprint density at radius 2 is 1.85 bits per heavy atom. The topological polar surface area (TPSA) is 97.6 Å². The lowest BCUT2D eigenvalue weighted by Crippen LogP contribution is -2.33. The van der Waals surface area contributed by atoms with Gasteiger partial charge in [-0.05, 0) is 25.1 Å². The predicted molar refractivity (Wildman–Crippen MR) is 102 cm³/mol. The molecule has 26 heavy (non-hydrogen) atoms. The predicted octanol–water partition coefficient (Wildman–Crippen LogP) is 4.01. The van der Waals surface area contributed by atoms with Crippen LogP contribution in [0.5, 0.6) is 0 Å². The van der Waals surface area contributed by atoms with Crippen molar-refractivity contribution in [3.05, 3.63) is 57.3 Å². The van der Waals surface area contributed by atoms with Crippen LogP contribution in [-0.4, -0.2) is 30.8 Å². The highest BCUT2D eigenvalue weighted by atomic mass is 79.9. The number of nitrogens with zero attached hydrogens (tertiary/aromatic N) is 5. The minimum atomic E-state index is -0.493. The second-order valence-corrected chi connectivity index (χ2v) is 6.87. The Labute approximate surface area is 167 Å². The normalized spacial score (nSPS) is 11.8. The van der Waals surface area contributed by atoms with Gasteiger partial charge in [-0.25, -0.2) is 19.7 Å². The summed E-state index contributed by atoms with van der Waals surface area (Å²) in [6.07, 6.45) is 4.55. The van der Waals surface area contributed by atoms with Crippen LogP contribution in [0.1, 0.15) is 18.8 Å². The number of carbonyl (C=O) groups excluding carboxylic acids is 1. The van der Waals surface area contributed by atoms with Crippen LogP contribution in [-0.2, 0) is 0 Å². The maximum atomic E-state index is 12.3. The Bertz CT molecular complexity index is 912. The van der Waals surface area contributed by atoms with E-state index < -0.39 is 12.1 Å². The molecule has 2 N–H and O–H groups in total. The van der Waals surface area contributed by atoms with Gasteiger partial charge in [-0.3, -0.25) is 0 Å². The molecule has 0 aliphatic heterocycles. The van der Waals surface area contributed by atoms with Crippen molar-refractivity contribution >= 4 is 50.9 Å². The molecule has 1 aromatic carbocycles. The van der Waals surface area contributed by atoms with E-state index in [1.54, 1.807) is 37.5 Å². The van der Waals surface area contributed by atoms with Crippen LogP contribution in [0.2, 0.25) is 10.0 Å². The Balaban J connectivity index is 1.74. The molecule has 3 aromatic rings. The first-order valence-corrected chi connectivity index (χ1v) is 8.90. The van der Waals surface area contributed by atoms with Gasteiger partial charge < -0.3 is 10.6 Å². The van der Waals surface area contributed by atoms with Gasteiger partial charge in [0, 0.05) is 16.9 Å². The number of hydrogen-bond acceptors (Lipinski definition) is 5. The highest BCUT2D eigenvalue weighted by Crippen LogP contribution is 2.33. The van der Waals surface area contributed by atoms with Gasteiger partial charge in [-0.15, -0.1) is 0 Å². The Kier molecular flexibility index (Phi) is 5.70. The van der Waals surface area contributed by atoms with Crippen LogP contribution in [0.25, 0.3) is 5.95 Å². The standard InChI is InChI=1S/C15H12BrCl2N7O/c1-8(13-21-7-22-25(13)14-19-3-2-4-20-14)23-15(26)24-12-10(17)5-9(16)6-11(12)18/h2-8H,1H3,(H2,23,24,26). The molecule has 0 saturated heterocycles. The van der Waals surface area contributed by atoms with Crippen molar-refractivity contribution in [1.82, 2.24) is 30.0 Å². The zero-order valence-corrected chi connectivity index (χ0v) is 16.4. The molecule has 0 aliphatic carbocycles. The number of rotatable bonds is 4. The first-order valence-electron chi connectivity index (χ1n) is 7.35. The molecule has 0 fully saturated rings. The summed E-state index contributed by atoms with van der Waals surface area (Å²) in [6, 6.07) is 3.99. The molecule has 0 bridgehead atoms. The number of hydrogen-bond donors (Lipinski definition) is 2. The quantitative estimate of drug-likeness (QED) is 0.618. The van der Waals surface area contributed by atoms with Gasteiger partial charge in [-0.2, -0.15) is 9.78 Å². The third-order valence-corrected chi connectivity index (χ3v) is 4.35.